The zero-order valence-electron chi connectivity index (χ0n) is 15.1. The summed E-state index contributed by atoms with van der Waals surface area (Å²) in [6, 6.07) is 0. The largest absolute Gasteiger partial charge is 0.479 e. The summed E-state index contributed by atoms with van der Waals surface area (Å²) in [5.41, 5.74) is 0. The van der Waals surface area contributed by atoms with Gasteiger partial charge in [-0.05, 0) is 38.5 Å². The highest BCUT2D eigenvalue weighted by atomic mass is 16.5. The van der Waals surface area contributed by atoms with Gasteiger partial charge in [0, 0.05) is 7.11 Å². The maximum Gasteiger partial charge on any atom is 0.332 e. The summed E-state index contributed by atoms with van der Waals surface area (Å²) in [5.74, 6) is -0.880. The summed E-state index contributed by atoms with van der Waals surface area (Å²) in [6.45, 7) is 2.26. The van der Waals surface area contributed by atoms with Crippen molar-refractivity contribution in [2.45, 2.75) is 90.1 Å². The van der Waals surface area contributed by atoms with Gasteiger partial charge in [0.25, 0.3) is 0 Å². The quantitative estimate of drug-likeness (QED) is 0.284. The molecule has 0 aromatic rings. The summed E-state index contributed by atoms with van der Waals surface area (Å²) in [5, 5.41) is 8.83. The molecular weight excluding hydrogens is 288 g/mol. The average Bonchev–Trinajstić information content (AvgIpc) is 2.54. The Labute approximate surface area is 142 Å². The van der Waals surface area contributed by atoms with E-state index in [1.54, 1.807) is 0 Å². The van der Waals surface area contributed by atoms with Crippen molar-refractivity contribution in [3.63, 3.8) is 0 Å². The van der Waals surface area contributed by atoms with Crippen LogP contribution in [0.5, 0.6) is 0 Å². The molecule has 0 spiro atoms. The van der Waals surface area contributed by atoms with Gasteiger partial charge in [0.15, 0.2) is 6.10 Å². The van der Waals surface area contributed by atoms with Crippen LogP contribution in [0.15, 0.2) is 24.3 Å². The van der Waals surface area contributed by atoms with E-state index in [1.807, 2.05) is 0 Å². The molecule has 0 aliphatic heterocycles. The highest BCUT2D eigenvalue weighted by molar-refractivity contribution is 5.72. The number of unbranched alkanes of at least 4 members (excludes halogenated alkanes) is 8. The third kappa shape index (κ3) is 15.6. The van der Waals surface area contributed by atoms with E-state index in [4.69, 9.17) is 9.84 Å². The maximum atomic E-state index is 10.8. The number of carboxylic acid groups (broad SMARTS) is 1. The van der Waals surface area contributed by atoms with E-state index in [1.165, 1.54) is 58.5 Å². The molecule has 1 unspecified atom stereocenters. The van der Waals surface area contributed by atoms with Crippen molar-refractivity contribution in [3.8, 4) is 0 Å². The maximum absolute atomic E-state index is 10.8. The summed E-state index contributed by atoms with van der Waals surface area (Å²) >= 11 is 0. The predicted octanol–water partition coefficient (Wildman–Crippen LogP) is 5.90. The highest BCUT2D eigenvalue weighted by Gasteiger charge is 2.14. The van der Waals surface area contributed by atoms with Gasteiger partial charge in [-0.3, -0.25) is 0 Å². The number of hydrogen-bond acceptors (Lipinski definition) is 2. The van der Waals surface area contributed by atoms with Gasteiger partial charge in [0.1, 0.15) is 0 Å². The summed E-state index contributed by atoms with van der Waals surface area (Å²) < 4.78 is 4.89. The number of hydrogen-bond donors (Lipinski definition) is 1. The van der Waals surface area contributed by atoms with E-state index in [2.05, 4.69) is 31.2 Å². The number of aliphatic carboxylic acids is 1. The number of ether oxygens (including phenoxy) is 1. The molecule has 0 fully saturated rings. The number of rotatable bonds is 16. The standard InChI is InChI=1S/C20H36O3/c1-3-4-5-6-7-8-9-10-11-12-13-14-15-16-17-18-19(23-2)20(21)22/h11-12,15-16,19H,3-10,13-14,17-18H2,1-2H3,(H,21,22). The Morgan fingerprint density at radius 1 is 0.870 bits per heavy atom. The van der Waals surface area contributed by atoms with Crippen LogP contribution < -0.4 is 0 Å². The topological polar surface area (TPSA) is 46.5 Å². The summed E-state index contributed by atoms with van der Waals surface area (Å²) in [4.78, 5) is 10.8. The minimum Gasteiger partial charge on any atom is -0.479 e. The molecule has 3 nitrogen and oxygen atoms in total. The third-order valence-corrected chi connectivity index (χ3v) is 3.96. The first kappa shape index (κ1) is 21.9. The van der Waals surface area contributed by atoms with Crippen LogP contribution in [-0.2, 0) is 9.53 Å². The SMILES string of the molecule is CCCCCCCCCC=CCCC=CCCC(OC)C(=O)O. The van der Waals surface area contributed by atoms with Gasteiger partial charge in [-0.2, -0.15) is 0 Å². The lowest BCUT2D eigenvalue weighted by Gasteiger charge is -2.07. The lowest BCUT2D eigenvalue weighted by Crippen LogP contribution is -2.21. The molecule has 0 saturated heterocycles. The van der Waals surface area contributed by atoms with Crippen molar-refractivity contribution in [3.05, 3.63) is 24.3 Å². The molecule has 0 heterocycles. The van der Waals surface area contributed by atoms with Gasteiger partial charge in [-0.1, -0.05) is 69.8 Å². The average molecular weight is 325 g/mol. The molecule has 0 aliphatic carbocycles. The Morgan fingerprint density at radius 2 is 1.39 bits per heavy atom. The van der Waals surface area contributed by atoms with Gasteiger partial charge in [-0.15, -0.1) is 0 Å². The lowest BCUT2D eigenvalue weighted by atomic mass is 10.1. The first-order chi connectivity index (χ1) is 11.2. The monoisotopic (exact) mass is 324 g/mol. The van der Waals surface area contributed by atoms with Crippen LogP contribution in [0, 0.1) is 0 Å². The lowest BCUT2D eigenvalue weighted by molar-refractivity contribution is -0.148. The van der Waals surface area contributed by atoms with Crippen LogP contribution in [0.25, 0.3) is 0 Å². The highest BCUT2D eigenvalue weighted by Crippen LogP contribution is 2.09. The Balaban J connectivity index is 3.36. The van der Waals surface area contributed by atoms with Gasteiger partial charge >= 0.3 is 5.97 Å². The molecule has 3 heteroatoms. The second-order valence-electron chi connectivity index (χ2n) is 6.07. The van der Waals surface area contributed by atoms with E-state index in [-0.39, 0.29) is 0 Å². The van der Waals surface area contributed by atoms with Crippen LogP contribution in [0.4, 0.5) is 0 Å². The minimum absolute atomic E-state index is 0.538. The van der Waals surface area contributed by atoms with Crippen molar-refractivity contribution < 1.29 is 14.6 Å². The van der Waals surface area contributed by atoms with Crippen LogP contribution in [0.3, 0.4) is 0 Å². The van der Waals surface area contributed by atoms with Crippen LogP contribution in [0.1, 0.15) is 84.0 Å². The molecule has 0 aliphatic rings. The number of methoxy groups -OCH3 is 1. The second-order valence-corrected chi connectivity index (χ2v) is 6.07. The zero-order valence-corrected chi connectivity index (χ0v) is 15.1. The van der Waals surface area contributed by atoms with E-state index >= 15 is 0 Å². The Bertz CT molecular complexity index is 321. The summed E-state index contributed by atoms with van der Waals surface area (Å²) in [6.07, 6.45) is 22.2. The fraction of sp³-hybridized carbons (Fsp3) is 0.750. The first-order valence-corrected chi connectivity index (χ1v) is 9.28. The zero-order chi connectivity index (χ0) is 17.2. The van der Waals surface area contributed by atoms with Gasteiger partial charge in [0.05, 0.1) is 0 Å². The fourth-order valence-electron chi connectivity index (χ4n) is 2.47. The van der Waals surface area contributed by atoms with Crippen molar-refractivity contribution >= 4 is 5.97 Å². The smallest absolute Gasteiger partial charge is 0.332 e. The molecule has 0 saturated carbocycles. The second kappa shape index (κ2) is 17.3. The third-order valence-electron chi connectivity index (χ3n) is 3.96. The molecule has 0 bridgehead atoms. The number of carboxylic acids is 1. The molecule has 0 radical (unpaired) electrons. The van der Waals surface area contributed by atoms with Crippen molar-refractivity contribution in [2.24, 2.45) is 0 Å². The molecule has 23 heavy (non-hydrogen) atoms. The predicted molar refractivity (Wildman–Crippen MR) is 97.8 cm³/mol. The van der Waals surface area contributed by atoms with Gasteiger partial charge in [-0.25, -0.2) is 4.79 Å². The molecule has 134 valence electrons. The first-order valence-electron chi connectivity index (χ1n) is 9.28. The van der Waals surface area contributed by atoms with Crippen LogP contribution in [-0.4, -0.2) is 24.3 Å². The molecule has 1 N–H and O–H groups in total. The van der Waals surface area contributed by atoms with E-state index in [0.29, 0.717) is 6.42 Å². The minimum atomic E-state index is -0.880. The van der Waals surface area contributed by atoms with Crippen LogP contribution in [0.2, 0.25) is 0 Å². The normalized spacial score (nSPS) is 13.1. The molecule has 1 atom stereocenters. The Hall–Kier alpha value is -1.09. The van der Waals surface area contributed by atoms with Crippen molar-refractivity contribution in [2.75, 3.05) is 7.11 Å². The summed E-state index contributed by atoms with van der Waals surface area (Å²) in [7, 11) is 1.44. The molecule has 0 amide bonds. The van der Waals surface area contributed by atoms with Crippen LogP contribution >= 0.6 is 0 Å². The number of allylic oxidation sites excluding steroid dienone is 4. The van der Waals surface area contributed by atoms with Crippen molar-refractivity contribution in [1.82, 2.24) is 0 Å². The van der Waals surface area contributed by atoms with Gasteiger partial charge < -0.3 is 9.84 Å². The van der Waals surface area contributed by atoms with Gasteiger partial charge in [0.2, 0.25) is 0 Å². The van der Waals surface area contributed by atoms with E-state index in [9.17, 15) is 4.79 Å². The van der Waals surface area contributed by atoms with E-state index in [0.717, 1.165) is 19.3 Å². The molecule has 0 rings (SSSR count). The Morgan fingerprint density at radius 3 is 1.96 bits per heavy atom. The number of carbonyl (C=O) groups is 1. The molecule has 0 aromatic heterocycles. The fourth-order valence-corrected chi connectivity index (χ4v) is 2.47. The van der Waals surface area contributed by atoms with Crippen molar-refractivity contribution in [1.29, 1.82) is 0 Å². The Kier molecular flexibility index (Phi) is 16.4. The molecular formula is C20H36O3. The van der Waals surface area contributed by atoms with E-state index < -0.39 is 12.1 Å². The molecule has 0 aromatic carbocycles.